The molecule has 15 heavy (non-hydrogen) atoms. The van der Waals surface area contributed by atoms with Gasteiger partial charge >= 0.3 is 0 Å². The molecule has 0 amide bonds. The van der Waals surface area contributed by atoms with Gasteiger partial charge < -0.3 is 15.0 Å². The Kier molecular flexibility index (Phi) is 2.64. The van der Waals surface area contributed by atoms with Gasteiger partial charge in [-0.2, -0.15) is 0 Å². The number of aromatic nitrogens is 1. The number of ether oxygens (including phenoxy) is 1. The van der Waals surface area contributed by atoms with E-state index in [9.17, 15) is 0 Å². The van der Waals surface area contributed by atoms with E-state index in [1.807, 2.05) is 19.1 Å². The van der Waals surface area contributed by atoms with Gasteiger partial charge in [-0.25, -0.2) is 0 Å². The molecule has 0 aliphatic rings. The molecule has 1 aromatic heterocycles. The fraction of sp³-hybridized carbons (Fsp3) is 0.333. The van der Waals surface area contributed by atoms with Crippen molar-refractivity contribution in [3.05, 3.63) is 30.5 Å². The van der Waals surface area contributed by atoms with Crippen molar-refractivity contribution in [3.63, 3.8) is 0 Å². The van der Waals surface area contributed by atoms with Crippen molar-refractivity contribution in [2.24, 2.45) is 0 Å². The molecule has 0 radical (unpaired) electrons. The van der Waals surface area contributed by atoms with Gasteiger partial charge in [0.25, 0.3) is 0 Å². The molecule has 0 saturated heterocycles. The van der Waals surface area contributed by atoms with Gasteiger partial charge in [-0.1, -0.05) is 12.1 Å². The minimum absolute atomic E-state index is 0.195. The third kappa shape index (κ3) is 1.83. The van der Waals surface area contributed by atoms with E-state index < -0.39 is 0 Å². The summed E-state index contributed by atoms with van der Waals surface area (Å²) in [5.74, 6) is 0. The van der Waals surface area contributed by atoms with Gasteiger partial charge in [-0.15, -0.1) is 0 Å². The topological polar surface area (TPSA) is 40.2 Å². The van der Waals surface area contributed by atoms with Crippen LogP contribution in [0.15, 0.2) is 30.5 Å². The Morgan fingerprint density at radius 2 is 2.20 bits per heavy atom. The van der Waals surface area contributed by atoms with Crippen molar-refractivity contribution in [1.82, 2.24) is 4.57 Å². The summed E-state index contributed by atoms with van der Waals surface area (Å²) < 4.78 is 7.39. The predicted octanol–water partition coefficient (Wildman–Crippen LogP) is 2.26. The van der Waals surface area contributed by atoms with Gasteiger partial charge in [-0.05, 0) is 19.1 Å². The molecule has 0 saturated carbocycles. The molecule has 1 unspecified atom stereocenters. The highest BCUT2D eigenvalue weighted by molar-refractivity contribution is 5.90. The smallest absolute Gasteiger partial charge is 0.0722 e. The zero-order chi connectivity index (χ0) is 10.8. The predicted molar refractivity (Wildman–Crippen MR) is 62.8 cm³/mol. The van der Waals surface area contributed by atoms with Crippen LogP contribution in [0.2, 0.25) is 0 Å². The van der Waals surface area contributed by atoms with Crippen molar-refractivity contribution >= 4 is 16.6 Å². The fourth-order valence-electron chi connectivity index (χ4n) is 1.79. The molecule has 3 heteroatoms. The molecule has 0 aliphatic carbocycles. The van der Waals surface area contributed by atoms with Crippen LogP contribution in [0.4, 0.5) is 5.69 Å². The summed E-state index contributed by atoms with van der Waals surface area (Å²) in [6.45, 7) is 2.87. The van der Waals surface area contributed by atoms with E-state index in [-0.39, 0.29) is 6.10 Å². The highest BCUT2D eigenvalue weighted by atomic mass is 16.5. The highest BCUT2D eigenvalue weighted by Gasteiger charge is 2.06. The van der Waals surface area contributed by atoms with E-state index >= 15 is 0 Å². The molecule has 2 aromatic rings. The quantitative estimate of drug-likeness (QED) is 0.779. The number of nitrogens with two attached hydrogens (primary N) is 1. The highest BCUT2D eigenvalue weighted by Crippen LogP contribution is 2.22. The van der Waals surface area contributed by atoms with Gasteiger partial charge in [0, 0.05) is 25.2 Å². The Bertz CT molecular complexity index is 462. The second-order valence-electron chi connectivity index (χ2n) is 3.80. The first-order chi connectivity index (χ1) is 7.22. The van der Waals surface area contributed by atoms with E-state index in [1.54, 1.807) is 7.11 Å². The number of nitrogens with zero attached hydrogens (tertiary/aromatic N) is 1. The van der Waals surface area contributed by atoms with E-state index in [0.29, 0.717) is 0 Å². The Hall–Kier alpha value is -1.48. The summed E-state index contributed by atoms with van der Waals surface area (Å²) in [6.07, 6.45) is 2.25. The Morgan fingerprint density at radius 1 is 1.40 bits per heavy atom. The second-order valence-corrected chi connectivity index (χ2v) is 3.80. The van der Waals surface area contributed by atoms with Gasteiger partial charge in [0.2, 0.25) is 0 Å². The maximum atomic E-state index is 5.96. The number of hydrogen-bond acceptors (Lipinski definition) is 2. The molecule has 2 rings (SSSR count). The number of benzene rings is 1. The third-order valence-electron chi connectivity index (χ3n) is 2.68. The van der Waals surface area contributed by atoms with Crippen LogP contribution < -0.4 is 5.73 Å². The van der Waals surface area contributed by atoms with Crippen LogP contribution in [-0.2, 0) is 11.3 Å². The minimum Gasteiger partial charge on any atom is -0.397 e. The van der Waals surface area contributed by atoms with E-state index in [1.165, 1.54) is 5.39 Å². The molecule has 0 aliphatic heterocycles. The molecule has 0 bridgehead atoms. The lowest BCUT2D eigenvalue weighted by Gasteiger charge is -2.12. The molecule has 1 atom stereocenters. The first kappa shape index (κ1) is 10.1. The Balaban J connectivity index is 2.43. The second kappa shape index (κ2) is 3.95. The molecular formula is C12H16N2O. The van der Waals surface area contributed by atoms with Crippen molar-refractivity contribution in [1.29, 1.82) is 0 Å². The molecule has 0 fully saturated rings. The number of para-hydroxylation sites is 1. The zero-order valence-electron chi connectivity index (χ0n) is 9.10. The van der Waals surface area contributed by atoms with E-state index in [4.69, 9.17) is 10.5 Å². The number of rotatable bonds is 3. The van der Waals surface area contributed by atoms with Gasteiger partial charge in [0.1, 0.15) is 0 Å². The van der Waals surface area contributed by atoms with Crippen LogP contribution in [0.5, 0.6) is 0 Å². The van der Waals surface area contributed by atoms with Gasteiger partial charge in [-0.3, -0.25) is 0 Å². The molecule has 1 aromatic carbocycles. The van der Waals surface area contributed by atoms with E-state index in [0.717, 1.165) is 17.7 Å². The summed E-state index contributed by atoms with van der Waals surface area (Å²) in [4.78, 5) is 0. The van der Waals surface area contributed by atoms with Crippen molar-refractivity contribution in [2.75, 3.05) is 12.8 Å². The van der Waals surface area contributed by atoms with E-state index in [2.05, 4.69) is 22.9 Å². The largest absolute Gasteiger partial charge is 0.397 e. The summed E-state index contributed by atoms with van der Waals surface area (Å²) in [5, 5.41) is 1.18. The lowest BCUT2D eigenvalue weighted by Crippen LogP contribution is -2.14. The van der Waals surface area contributed by atoms with Crippen LogP contribution in [0, 0.1) is 0 Å². The standard InChI is InChI=1S/C12H16N2O/c1-9(15-2)8-14-7-6-10-4-3-5-11(13)12(10)14/h3-7,9H,8,13H2,1-2H3. The summed E-state index contributed by atoms with van der Waals surface area (Å²) >= 11 is 0. The molecule has 1 heterocycles. The molecule has 3 nitrogen and oxygen atoms in total. The maximum absolute atomic E-state index is 5.96. The van der Waals surface area contributed by atoms with Crippen molar-refractivity contribution in [2.45, 2.75) is 19.6 Å². The number of hydrogen-bond donors (Lipinski definition) is 1. The third-order valence-corrected chi connectivity index (χ3v) is 2.68. The number of anilines is 1. The number of fused-ring (bicyclic) bond motifs is 1. The molecule has 2 N–H and O–H groups in total. The molecule has 80 valence electrons. The first-order valence-corrected chi connectivity index (χ1v) is 5.08. The summed E-state index contributed by atoms with van der Waals surface area (Å²) in [6, 6.07) is 8.05. The summed E-state index contributed by atoms with van der Waals surface area (Å²) in [5.41, 5.74) is 7.88. The van der Waals surface area contributed by atoms with Gasteiger partial charge in [0.15, 0.2) is 0 Å². The normalized spacial score (nSPS) is 13.2. The molecular weight excluding hydrogens is 188 g/mol. The average molecular weight is 204 g/mol. The van der Waals surface area contributed by atoms with Gasteiger partial charge in [0.05, 0.1) is 17.3 Å². The lowest BCUT2D eigenvalue weighted by atomic mass is 10.2. The lowest BCUT2D eigenvalue weighted by molar-refractivity contribution is 0.104. The van der Waals surface area contributed by atoms with Crippen LogP contribution in [0.3, 0.4) is 0 Å². The van der Waals surface area contributed by atoms with Crippen molar-refractivity contribution < 1.29 is 4.74 Å². The monoisotopic (exact) mass is 204 g/mol. The zero-order valence-corrected chi connectivity index (χ0v) is 9.10. The first-order valence-electron chi connectivity index (χ1n) is 5.08. The SMILES string of the molecule is COC(C)Cn1ccc2cccc(N)c21. The van der Waals surface area contributed by atoms with Crippen molar-refractivity contribution in [3.8, 4) is 0 Å². The maximum Gasteiger partial charge on any atom is 0.0722 e. The number of nitrogen functional groups attached to an aromatic ring is 1. The molecule has 0 spiro atoms. The van der Waals surface area contributed by atoms with Crippen LogP contribution >= 0.6 is 0 Å². The van der Waals surface area contributed by atoms with Crippen LogP contribution in [-0.4, -0.2) is 17.8 Å². The number of methoxy groups -OCH3 is 1. The minimum atomic E-state index is 0.195. The van der Waals surface area contributed by atoms with Crippen LogP contribution in [0.1, 0.15) is 6.92 Å². The Morgan fingerprint density at radius 3 is 2.93 bits per heavy atom. The Labute approximate surface area is 89.4 Å². The average Bonchev–Trinajstić information content (AvgIpc) is 2.63. The fourth-order valence-corrected chi connectivity index (χ4v) is 1.79. The summed E-state index contributed by atoms with van der Waals surface area (Å²) in [7, 11) is 1.72. The van der Waals surface area contributed by atoms with Crippen LogP contribution in [0.25, 0.3) is 10.9 Å².